The number of carbonyl (C=O) groups is 3. The largest absolute Gasteiger partial charge is 0.358 e. The van der Waals surface area contributed by atoms with Crippen molar-refractivity contribution in [2.45, 2.75) is 32.7 Å². The molecular formula is C18H24N4O3S2. The molecule has 2 N–H and O–H groups in total. The van der Waals surface area contributed by atoms with Gasteiger partial charge >= 0.3 is 6.03 Å². The summed E-state index contributed by atoms with van der Waals surface area (Å²) in [6.45, 7) is 7.30. The average Bonchev–Trinajstić information content (AvgIpc) is 2.93. The predicted octanol–water partition coefficient (Wildman–Crippen LogP) is 2.23. The molecule has 0 aromatic heterocycles. The highest BCUT2D eigenvalue weighted by Gasteiger charge is 2.52. The number of hydrazine groups is 1. The molecule has 1 heterocycles. The van der Waals surface area contributed by atoms with E-state index in [0.717, 1.165) is 18.1 Å². The van der Waals surface area contributed by atoms with Gasteiger partial charge in [0.25, 0.3) is 5.91 Å². The molecule has 0 aliphatic carbocycles. The van der Waals surface area contributed by atoms with Crippen LogP contribution in [0, 0.1) is 0 Å². The molecule has 1 aromatic rings. The average molecular weight is 409 g/mol. The molecule has 0 spiro atoms. The van der Waals surface area contributed by atoms with Crippen LogP contribution in [0.5, 0.6) is 0 Å². The molecule has 27 heavy (non-hydrogen) atoms. The first kappa shape index (κ1) is 21.2. The van der Waals surface area contributed by atoms with Crippen molar-refractivity contribution in [1.82, 2.24) is 20.7 Å². The summed E-state index contributed by atoms with van der Waals surface area (Å²) in [5, 5.41) is 3.49. The molecule has 0 unspecified atom stereocenters. The maximum Gasteiger partial charge on any atom is 0.344 e. The van der Waals surface area contributed by atoms with E-state index in [2.05, 4.69) is 10.7 Å². The molecule has 1 fully saturated rings. The molecule has 4 amide bonds. The minimum Gasteiger partial charge on any atom is -0.358 e. The van der Waals surface area contributed by atoms with Gasteiger partial charge in [-0.1, -0.05) is 61.2 Å². The summed E-state index contributed by atoms with van der Waals surface area (Å²) in [6.07, 6.45) is 0.370. The van der Waals surface area contributed by atoms with Crippen molar-refractivity contribution in [2.75, 3.05) is 18.8 Å². The number of hydrogen-bond acceptors (Lipinski definition) is 5. The number of hydrogen-bond donors (Lipinski definition) is 2. The van der Waals surface area contributed by atoms with Crippen LogP contribution in [0.25, 0.3) is 0 Å². The Balaban J connectivity index is 2.05. The molecule has 7 nitrogen and oxygen atoms in total. The van der Waals surface area contributed by atoms with E-state index < -0.39 is 23.4 Å². The summed E-state index contributed by atoms with van der Waals surface area (Å²) in [7, 11) is 0. The first-order valence-electron chi connectivity index (χ1n) is 8.83. The zero-order valence-corrected chi connectivity index (χ0v) is 17.3. The lowest BCUT2D eigenvalue weighted by molar-refractivity contribution is -0.138. The van der Waals surface area contributed by atoms with Crippen molar-refractivity contribution in [1.29, 1.82) is 0 Å². The van der Waals surface area contributed by atoms with E-state index >= 15 is 0 Å². The molecule has 0 radical (unpaired) electrons. The molecule has 1 atom stereocenters. The van der Waals surface area contributed by atoms with Crippen LogP contribution in [0.15, 0.2) is 30.3 Å². The predicted molar refractivity (Wildman–Crippen MR) is 110 cm³/mol. The van der Waals surface area contributed by atoms with Crippen LogP contribution in [-0.2, 0) is 15.1 Å². The van der Waals surface area contributed by atoms with Crippen LogP contribution in [0.3, 0.4) is 0 Å². The van der Waals surface area contributed by atoms with E-state index in [1.807, 2.05) is 31.7 Å². The minimum atomic E-state index is -1.17. The Kier molecular flexibility index (Phi) is 7.20. The van der Waals surface area contributed by atoms with Crippen LogP contribution in [0.1, 0.15) is 32.8 Å². The molecule has 0 bridgehead atoms. The first-order chi connectivity index (χ1) is 12.9. The fourth-order valence-electron chi connectivity index (χ4n) is 2.90. The van der Waals surface area contributed by atoms with Gasteiger partial charge in [0.05, 0.1) is 5.75 Å². The maximum atomic E-state index is 12.9. The second kappa shape index (κ2) is 9.18. The Morgan fingerprint density at radius 2 is 1.85 bits per heavy atom. The van der Waals surface area contributed by atoms with Crippen molar-refractivity contribution >= 4 is 46.1 Å². The van der Waals surface area contributed by atoms with Crippen molar-refractivity contribution in [3.63, 3.8) is 0 Å². The number of thiocarbonyl (C=S) groups is 1. The van der Waals surface area contributed by atoms with Crippen molar-refractivity contribution in [3.05, 3.63) is 35.9 Å². The molecule has 1 aromatic carbocycles. The Hall–Kier alpha value is -2.13. The van der Waals surface area contributed by atoms with Gasteiger partial charge in [-0.05, 0) is 25.8 Å². The fourth-order valence-corrected chi connectivity index (χ4v) is 4.09. The summed E-state index contributed by atoms with van der Waals surface area (Å²) in [6, 6.07) is 8.37. The Labute approximate surface area is 168 Å². The number of carbonyl (C=O) groups excluding carboxylic acids is 3. The van der Waals surface area contributed by atoms with Crippen LogP contribution >= 0.6 is 24.0 Å². The lowest BCUT2D eigenvalue weighted by Gasteiger charge is -2.25. The van der Waals surface area contributed by atoms with E-state index in [1.54, 1.807) is 24.3 Å². The van der Waals surface area contributed by atoms with E-state index in [1.165, 1.54) is 11.8 Å². The minimum absolute atomic E-state index is 0.0247. The SMILES string of the molecule is CCN(CC)C(=S)SCC(=O)NN1C(=O)N[C@](CC)(c2ccccc2)C1=O. The number of imide groups is 1. The van der Waals surface area contributed by atoms with Gasteiger partial charge in [-0.2, -0.15) is 5.01 Å². The maximum absolute atomic E-state index is 12.9. The van der Waals surface area contributed by atoms with Crippen LogP contribution in [0.4, 0.5) is 4.79 Å². The second-order valence-corrected chi connectivity index (χ2v) is 7.57. The van der Waals surface area contributed by atoms with Crippen molar-refractivity contribution < 1.29 is 14.4 Å². The van der Waals surface area contributed by atoms with E-state index in [-0.39, 0.29) is 5.75 Å². The molecule has 1 aliphatic heterocycles. The fraction of sp³-hybridized carbons (Fsp3) is 0.444. The number of benzene rings is 1. The number of thioether (sulfide) groups is 1. The van der Waals surface area contributed by atoms with Gasteiger partial charge in [-0.15, -0.1) is 0 Å². The van der Waals surface area contributed by atoms with Crippen molar-refractivity contribution in [2.24, 2.45) is 0 Å². The zero-order valence-electron chi connectivity index (χ0n) is 15.7. The summed E-state index contributed by atoms with van der Waals surface area (Å²) in [5.74, 6) is -0.930. The monoisotopic (exact) mass is 408 g/mol. The highest BCUT2D eigenvalue weighted by molar-refractivity contribution is 8.23. The van der Waals surface area contributed by atoms with E-state index in [4.69, 9.17) is 12.2 Å². The number of nitrogens with one attached hydrogen (secondary N) is 2. The van der Waals surface area contributed by atoms with Crippen LogP contribution < -0.4 is 10.7 Å². The Bertz CT molecular complexity index is 725. The molecule has 1 aliphatic rings. The number of nitrogens with zero attached hydrogens (tertiary/aromatic N) is 2. The Morgan fingerprint density at radius 1 is 1.22 bits per heavy atom. The third-order valence-corrected chi connectivity index (χ3v) is 6.00. The van der Waals surface area contributed by atoms with Gasteiger partial charge < -0.3 is 10.2 Å². The standard InChI is InChI=1S/C18H24N4O3S2/c1-4-18(13-10-8-7-9-11-13)15(24)22(16(25)19-18)20-14(23)12-27-17(26)21(5-2)6-3/h7-11H,4-6,12H2,1-3H3,(H,19,25)(H,20,23)/t18-/m1/s1. The lowest BCUT2D eigenvalue weighted by atomic mass is 9.87. The second-order valence-electron chi connectivity index (χ2n) is 5.96. The normalized spacial score (nSPS) is 19.0. The van der Waals surface area contributed by atoms with Crippen LogP contribution in [0.2, 0.25) is 0 Å². The van der Waals surface area contributed by atoms with Gasteiger partial charge in [0, 0.05) is 13.1 Å². The van der Waals surface area contributed by atoms with E-state index in [9.17, 15) is 14.4 Å². The van der Waals surface area contributed by atoms with Crippen LogP contribution in [-0.4, -0.2) is 50.9 Å². The van der Waals surface area contributed by atoms with Gasteiger partial charge in [0.2, 0.25) is 5.91 Å². The first-order valence-corrected chi connectivity index (χ1v) is 10.2. The third kappa shape index (κ3) is 4.41. The smallest absolute Gasteiger partial charge is 0.344 e. The number of urea groups is 1. The summed E-state index contributed by atoms with van der Waals surface area (Å²) < 4.78 is 0.611. The third-order valence-electron chi connectivity index (χ3n) is 4.47. The molecule has 1 saturated heterocycles. The molecule has 0 saturated carbocycles. The molecule has 2 rings (SSSR count). The Morgan fingerprint density at radius 3 is 2.41 bits per heavy atom. The molecular weight excluding hydrogens is 384 g/mol. The number of rotatable bonds is 7. The van der Waals surface area contributed by atoms with Gasteiger partial charge in [-0.25, -0.2) is 4.79 Å². The quantitative estimate of drug-likeness (QED) is 0.532. The zero-order chi connectivity index (χ0) is 20.0. The lowest BCUT2D eigenvalue weighted by Crippen LogP contribution is -2.49. The summed E-state index contributed by atoms with van der Waals surface area (Å²) >= 11 is 6.49. The van der Waals surface area contributed by atoms with E-state index in [0.29, 0.717) is 16.3 Å². The van der Waals surface area contributed by atoms with Gasteiger partial charge in [-0.3, -0.25) is 15.0 Å². The van der Waals surface area contributed by atoms with Gasteiger partial charge in [0.1, 0.15) is 9.86 Å². The summed E-state index contributed by atoms with van der Waals surface area (Å²) in [4.78, 5) is 39.5. The highest BCUT2D eigenvalue weighted by atomic mass is 32.2. The highest BCUT2D eigenvalue weighted by Crippen LogP contribution is 2.31. The topological polar surface area (TPSA) is 81.8 Å². The van der Waals surface area contributed by atoms with Crippen molar-refractivity contribution in [3.8, 4) is 0 Å². The summed E-state index contributed by atoms with van der Waals surface area (Å²) in [5.41, 5.74) is 1.91. The molecule has 146 valence electrons. The molecule has 9 heteroatoms. The van der Waals surface area contributed by atoms with Gasteiger partial charge in [0.15, 0.2) is 0 Å². The number of amides is 4.